The molecule has 3 fully saturated rings. The molecule has 3 saturated heterocycles. The molecule has 0 spiro atoms. The summed E-state index contributed by atoms with van der Waals surface area (Å²) in [5.41, 5.74) is 0. The molecule has 3 aliphatic heterocycles. The minimum atomic E-state index is -1.92. The Morgan fingerprint density at radius 3 is 1.26 bits per heavy atom. The molecule has 0 bridgehead atoms. The zero-order chi connectivity index (χ0) is 25.3. The average molecular weight is 504 g/mol. The van der Waals surface area contributed by atoms with Gasteiger partial charge in [0.1, 0.15) is 73.2 Å². The van der Waals surface area contributed by atoms with Gasteiger partial charge in [-0.1, -0.05) is 0 Å². The summed E-state index contributed by atoms with van der Waals surface area (Å²) in [6, 6.07) is 0. The van der Waals surface area contributed by atoms with Crippen molar-refractivity contribution in [1.29, 1.82) is 0 Å². The summed E-state index contributed by atoms with van der Waals surface area (Å²) in [6.07, 6.45) is -25.4. The second-order valence-corrected chi connectivity index (χ2v) is 8.33. The smallest absolute Gasteiger partial charge is 0.187 e. The number of rotatable bonds is 7. The van der Waals surface area contributed by atoms with Crippen molar-refractivity contribution in [2.45, 2.75) is 92.1 Å². The van der Waals surface area contributed by atoms with Gasteiger partial charge in [0.25, 0.3) is 0 Å². The topological polar surface area (TPSA) is 269 Å². The van der Waals surface area contributed by atoms with Crippen LogP contribution in [0.3, 0.4) is 0 Å². The molecule has 0 aromatic heterocycles. The van der Waals surface area contributed by atoms with E-state index in [0.717, 1.165) is 0 Å². The quantitative estimate of drug-likeness (QED) is 0.154. The molecule has 0 aromatic rings. The fourth-order valence-electron chi connectivity index (χ4n) is 4.04. The van der Waals surface area contributed by atoms with Crippen molar-refractivity contribution in [3.8, 4) is 0 Å². The highest BCUT2D eigenvalue weighted by Gasteiger charge is 2.53. The van der Waals surface area contributed by atoms with E-state index in [0.29, 0.717) is 0 Å². The van der Waals surface area contributed by atoms with Gasteiger partial charge >= 0.3 is 0 Å². The van der Waals surface area contributed by atoms with Crippen LogP contribution in [0.4, 0.5) is 0 Å². The zero-order valence-electron chi connectivity index (χ0n) is 17.7. The summed E-state index contributed by atoms with van der Waals surface area (Å²) < 4.78 is 26.4. The summed E-state index contributed by atoms with van der Waals surface area (Å²) in [6.45, 7) is -2.31. The van der Waals surface area contributed by atoms with Crippen LogP contribution in [0, 0.1) is 0 Å². The largest absolute Gasteiger partial charge is 0.394 e. The Morgan fingerprint density at radius 2 is 0.853 bits per heavy atom. The van der Waals surface area contributed by atoms with E-state index < -0.39 is 112 Å². The van der Waals surface area contributed by atoms with Gasteiger partial charge < -0.3 is 79.9 Å². The van der Waals surface area contributed by atoms with E-state index >= 15 is 0 Å². The van der Waals surface area contributed by atoms with Gasteiger partial charge in [-0.25, -0.2) is 0 Å². The number of aliphatic hydroxyl groups excluding tert-OH is 11. The molecule has 200 valence electrons. The van der Waals surface area contributed by atoms with Gasteiger partial charge in [-0.2, -0.15) is 0 Å². The number of ether oxygens (including phenoxy) is 5. The van der Waals surface area contributed by atoms with Crippen LogP contribution in [-0.4, -0.2) is 168 Å². The van der Waals surface area contributed by atoms with Gasteiger partial charge in [-0.05, 0) is 0 Å². The third-order valence-electron chi connectivity index (χ3n) is 6.09. The molecule has 34 heavy (non-hydrogen) atoms. The van der Waals surface area contributed by atoms with Crippen molar-refractivity contribution in [3.63, 3.8) is 0 Å². The van der Waals surface area contributed by atoms with Gasteiger partial charge in [0, 0.05) is 0 Å². The van der Waals surface area contributed by atoms with Gasteiger partial charge in [0.05, 0.1) is 19.8 Å². The van der Waals surface area contributed by atoms with Crippen molar-refractivity contribution in [2.24, 2.45) is 0 Å². The van der Waals surface area contributed by atoms with Crippen molar-refractivity contribution in [2.75, 3.05) is 19.8 Å². The predicted octanol–water partition coefficient (Wildman–Crippen LogP) is -7.57. The molecule has 0 aromatic carbocycles. The Morgan fingerprint density at radius 1 is 0.441 bits per heavy atom. The second kappa shape index (κ2) is 11.6. The van der Waals surface area contributed by atoms with E-state index in [1.54, 1.807) is 0 Å². The minimum Gasteiger partial charge on any atom is -0.394 e. The van der Waals surface area contributed by atoms with Gasteiger partial charge in [0.15, 0.2) is 18.9 Å². The molecular formula is C18H32O16. The first kappa shape index (κ1) is 27.9. The standard InChI is InChI=1S/C18H32O16/c19-1-4-7(22)9(24)11(26)17(31-4)33-14-6(3-21)30-16(29)15(13(14)28)34-18-12(27)10(25)8(23)5(2-20)32-18/h4-29H,1-3H2/t4-,5-,6-,7-,8-,9+,10+,11-,12-,13+,14-,15-,16?,17-,18-/m1/s1. The molecule has 3 heterocycles. The number of aliphatic hydroxyl groups is 11. The molecule has 0 saturated carbocycles. The summed E-state index contributed by atoms with van der Waals surface area (Å²) in [5.74, 6) is 0. The highest BCUT2D eigenvalue weighted by atomic mass is 16.8. The maximum absolute atomic E-state index is 10.8. The molecule has 0 amide bonds. The molecule has 11 N–H and O–H groups in total. The highest BCUT2D eigenvalue weighted by molar-refractivity contribution is 4.96. The van der Waals surface area contributed by atoms with Crippen LogP contribution in [0.5, 0.6) is 0 Å². The maximum atomic E-state index is 10.8. The van der Waals surface area contributed by atoms with Gasteiger partial charge in [-0.3, -0.25) is 0 Å². The van der Waals surface area contributed by atoms with Crippen molar-refractivity contribution in [1.82, 2.24) is 0 Å². The lowest BCUT2D eigenvalue weighted by Gasteiger charge is -2.47. The lowest BCUT2D eigenvalue weighted by Crippen LogP contribution is -2.66. The van der Waals surface area contributed by atoms with E-state index in [-0.39, 0.29) is 0 Å². The Bertz CT molecular complexity index is 637. The molecular weight excluding hydrogens is 472 g/mol. The SMILES string of the molecule is OC[C@H]1O[C@H](O[C@H]2C(O)O[C@H](CO)[C@@H](O[C@H]3O[C@H](CO)[C@@H](O)[C@H](O)[C@H]3O)[C@@H]2O)[C@H](O)[C@@H](O)[C@@H]1O. The first-order valence-electron chi connectivity index (χ1n) is 10.6. The van der Waals surface area contributed by atoms with E-state index in [2.05, 4.69) is 0 Å². The van der Waals surface area contributed by atoms with Crippen molar-refractivity contribution >= 4 is 0 Å². The minimum absolute atomic E-state index is 0.750. The van der Waals surface area contributed by atoms with E-state index in [1.165, 1.54) is 0 Å². The molecule has 3 rings (SSSR count). The predicted molar refractivity (Wildman–Crippen MR) is 101 cm³/mol. The third kappa shape index (κ3) is 5.37. The molecule has 16 heteroatoms. The molecule has 0 radical (unpaired) electrons. The number of hydrogen-bond donors (Lipinski definition) is 11. The van der Waals surface area contributed by atoms with E-state index in [4.69, 9.17) is 23.7 Å². The van der Waals surface area contributed by atoms with Crippen molar-refractivity contribution in [3.05, 3.63) is 0 Å². The molecule has 16 nitrogen and oxygen atoms in total. The molecule has 0 aliphatic carbocycles. The highest BCUT2D eigenvalue weighted by Crippen LogP contribution is 2.32. The van der Waals surface area contributed by atoms with Crippen LogP contribution < -0.4 is 0 Å². The zero-order valence-corrected chi connectivity index (χ0v) is 17.7. The van der Waals surface area contributed by atoms with Crippen LogP contribution in [0.2, 0.25) is 0 Å². The third-order valence-corrected chi connectivity index (χ3v) is 6.09. The van der Waals surface area contributed by atoms with Crippen LogP contribution in [-0.2, 0) is 23.7 Å². The first-order chi connectivity index (χ1) is 16.0. The Hall–Kier alpha value is -0.640. The van der Waals surface area contributed by atoms with Gasteiger partial charge in [0.2, 0.25) is 0 Å². The fraction of sp³-hybridized carbons (Fsp3) is 1.00. The number of hydrogen-bond acceptors (Lipinski definition) is 16. The second-order valence-electron chi connectivity index (χ2n) is 8.33. The summed E-state index contributed by atoms with van der Waals surface area (Å²) >= 11 is 0. The van der Waals surface area contributed by atoms with Crippen LogP contribution >= 0.6 is 0 Å². The Balaban J connectivity index is 1.76. The van der Waals surface area contributed by atoms with E-state index in [1.807, 2.05) is 0 Å². The normalized spacial score (nSPS) is 52.5. The molecule has 15 atom stereocenters. The van der Waals surface area contributed by atoms with E-state index in [9.17, 15) is 56.2 Å². The van der Waals surface area contributed by atoms with Crippen molar-refractivity contribution < 1.29 is 79.9 Å². The lowest BCUT2D eigenvalue weighted by atomic mass is 9.96. The van der Waals surface area contributed by atoms with Crippen LogP contribution in [0.1, 0.15) is 0 Å². The van der Waals surface area contributed by atoms with Crippen LogP contribution in [0.25, 0.3) is 0 Å². The Kier molecular flexibility index (Phi) is 9.54. The molecule has 1 unspecified atom stereocenters. The summed E-state index contributed by atoms with van der Waals surface area (Å²) in [4.78, 5) is 0. The van der Waals surface area contributed by atoms with Gasteiger partial charge in [-0.15, -0.1) is 0 Å². The summed E-state index contributed by atoms with van der Waals surface area (Å²) in [5, 5.41) is 109. The fourth-order valence-corrected chi connectivity index (χ4v) is 4.04. The maximum Gasteiger partial charge on any atom is 0.187 e. The van der Waals surface area contributed by atoms with Crippen LogP contribution in [0.15, 0.2) is 0 Å². The summed E-state index contributed by atoms with van der Waals surface area (Å²) in [7, 11) is 0. The lowest BCUT2D eigenvalue weighted by molar-refractivity contribution is -0.382. The molecule has 3 aliphatic rings. The Labute approximate surface area is 192 Å². The average Bonchev–Trinajstić information content (AvgIpc) is 2.82. The first-order valence-corrected chi connectivity index (χ1v) is 10.6. The monoisotopic (exact) mass is 504 g/mol.